The predicted molar refractivity (Wildman–Crippen MR) is 51.7 cm³/mol. The summed E-state index contributed by atoms with van der Waals surface area (Å²) < 4.78 is 0. The predicted octanol–water partition coefficient (Wildman–Crippen LogP) is 2.34. The van der Waals surface area contributed by atoms with Crippen molar-refractivity contribution in [2.24, 2.45) is 5.92 Å². The van der Waals surface area contributed by atoms with E-state index in [1.165, 1.54) is 4.90 Å². The summed E-state index contributed by atoms with van der Waals surface area (Å²) in [5.41, 5.74) is -0.209. The summed E-state index contributed by atoms with van der Waals surface area (Å²) >= 11 is 0. The maximum atomic E-state index is 10.9. The second-order valence-corrected chi connectivity index (χ2v) is 4.30. The zero-order valence-corrected chi connectivity index (χ0v) is 8.29. The third-order valence-corrected chi connectivity index (χ3v) is 2.69. The number of carbonyl (C=O) groups is 1. The largest absolute Gasteiger partial charge is 0.465 e. The Bertz CT molecular complexity index is 223. The van der Waals surface area contributed by atoms with Gasteiger partial charge in [0.2, 0.25) is 0 Å². The summed E-state index contributed by atoms with van der Waals surface area (Å²) in [6.07, 6.45) is 2.90. The van der Waals surface area contributed by atoms with Crippen molar-refractivity contribution in [2.75, 3.05) is 6.54 Å². The molecule has 1 aliphatic heterocycles. The van der Waals surface area contributed by atoms with Crippen LogP contribution in [0.4, 0.5) is 4.79 Å². The number of amides is 1. The average Bonchev–Trinajstić information content (AvgIpc) is 2.26. The molecule has 13 heavy (non-hydrogen) atoms. The van der Waals surface area contributed by atoms with Crippen molar-refractivity contribution in [2.45, 2.75) is 32.2 Å². The van der Waals surface area contributed by atoms with E-state index in [9.17, 15) is 4.79 Å². The Balaban J connectivity index is 2.67. The van der Waals surface area contributed by atoms with Crippen LogP contribution in [0.15, 0.2) is 12.7 Å². The SMILES string of the molecule is C=CCC1CN(C(=O)O)C(C)(C)C1. The number of hydrogen-bond donors (Lipinski definition) is 1. The molecule has 0 aliphatic carbocycles. The summed E-state index contributed by atoms with van der Waals surface area (Å²) in [6.45, 7) is 8.28. The molecule has 1 unspecified atom stereocenters. The van der Waals surface area contributed by atoms with Gasteiger partial charge in [-0.15, -0.1) is 6.58 Å². The summed E-state index contributed by atoms with van der Waals surface area (Å²) in [5.74, 6) is 0.448. The standard InChI is InChI=1S/C10H17NO2/c1-4-5-8-6-10(2,3)11(7-8)9(12)13/h4,8H,1,5-7H2,2-3H3,(H,12,13). The molecule has 0 aromatic heterocycles. The fourth-order valence-electron chi connectivity index (χ4n) is 2.12. The van der Waals surface area contributed by atoms with Gasteiger partial charge in [-0.1, -0.05) is 6.08 Å². The Morgan fingerprint density at radius 1 is 1.77 bits per heavy atom. The van der Waals surface area contributed by atoms with Gasteiger partial charge in [0.25, 0.3) is 0 Å². The van der Waals surface area contributed by atoms with Gasteiger partial charge in [0, 0.05) is 12.1 Å². The molecule has 1 rings (SSSR count). The molecule has 1 N–H and O–H groups in total. The van der Waals surface area contributed by atoms with Crippen LogP contribution in [0.3, 0.4) is 0 Å². The van der Waals surface area contributed by atoms with Crippen LogP contribution in [-0.4, -0.2) is 28.2 Å². The van der Waals surface area contributed by atoms with Crippen molar-refractivity contribution in [3.8, 4) is 0 Å². The summed E-state index contributed by atoms with van der Waals surface area (Å²) in [6, 6.07) is 0. The van der Waals surface area contributed by atoms with Crippen molar-refractivity contribution in [1.29, 1.82) is 0 Å². The lowest BCUT2D eigenvalue weighted by molar-refractivity contribution is 0.117. The molecule has 0 aromatic rings. The number of likely N-dealkylation sites (tertiary alicyclic amines) is 1. The van der Waals surface area contributed by atoms with Crippen molar-refractivity contribution >= 4 is 6.09 Å². The van der Waals surface area contributed by atoms with Crippen molar-refractivity contribution in [3.05, 3.63) is 12.7 Å². The smallest absolute Gasteiger partial charge is 0.407 e. The van der Waals surface area contributed by atoms with Gasteiger partial charge in [0.05, 0.1) is 0 Å². The lowest BCUT2D eigenvalue weighted by Crippen LogP contribution is -2.41. The topological polar surface area (TPSA) is 40.5 Å². The minimum atomic E-state index is -0.809. The van der Waals surface area contributed by atoms with Gasteiger partial charge in [-0.3, -0.25) is 0 Å². The number of nitrogens with zero attached hydrogens (tertiary/aromatic N) is 1. The van der Waals surface area contributed by atoms with Gasteiger partial charge in [-0.05, 0) is 32.6 Å². The zero-order valence-electron chi connectivity index (χ0n) is 8.29. The number of allylic oxidation sites excluding steroid dienone is 1. The van der Waals surface area contributed by atoms with E-state index in [0.29, 0.717) is 12.5 Å². The lowest BCUT2D eigenvalue weighted by Gasteiger charge is -2.28. The van der Waals surface area contributed by atoms with E-state index in [4.69, 9.17) is 5.11 Å². The average molecular weight is 183 g/mol. The number of carboxylic acid groups (broad SMARTS) is 1. The van der Waals surface area contributed by atoms with E-state index in [0.717, 1.165) is 12.8 Å². The first-order valence-corrected chi connectivity index (χ1v) is 4.59. The second-order valence-electron chi connectivity index (χ2n) is 4.30. The maximum absolute atomic E-state index is 10.9. The molecule has 1 aliphatic rings. The molecule has 3 heteroatoms. The van der Waals surface area contributed by atoms with Gasteiger partial charge in [-0.2, -0.15) is 0 Å². The molecular weight excluding hydrogens is 166 g/mol. The third kappa shape index (κ3) is 2.02. The molecule has 1 atom stereocenters. The Kier molecular flexibility index (Phi) is 2.64. The van der Waals surface area contributed by atoms with Gasteiger partial charge < -0.3 is 10.0 Å². The van der Waals surface area contributed by atoms with E-state index >= 15 is 0 Å². The fraction of sp³-hybridized carbons (Fsp3) is 0.700. The van der Waals surface area contributed by atoms with E-state index in [-0.39, 0.29) is 5.54 Å². The molecule has 1 fully saturated rings. The molecule has 0 bridgehead atoms. The van der Waals surface area contributed by atoms with Crippen LogP contribution < -0.4 is 0 Å². The first-order valence-electron chi connectivity index (χ1n) is 4.59. The summed E-state index contributed by atoms with van der Waals surface area (Å²) in [5, 5.41) is 8.93. The van der Waals surface area contributed by atoms with Gasteiger partial charge in [0.1, 0.15) is 0 Å². The van der Waals surface area contributed by atoms with Crippen LogP contribution in [0.1, 0.15) is 26.7 Å². The number of rotatable bonds is 2. The minimum absolute atomic E-state index is 0.209. The van der Waals surface area contributed by atoms with Crippen LogP contribution in [0.25, 0.3) is 0 Å². The molecule has 0 aromatic carbocycles. The van der Waals surface area contributed by atoms with Gasteiger partial charge >= 0.3 is 6.09 Å². The molecule has 0 spiro atoms. The Morgan fingerprint density at radius 3 is 2.77 bits per heavy atom. The quantitative estimate of drug-likeness (QED) is 0.667. The fourth-order valence-corrected chi connectivity index (χ4v) is 2.12. The third-order valence-electron chi connectivity index (χ3n) is 2.69. The van der Waals surface area contributed by atoms with Crippen LogP contribution in [0.2, 0.25) is 0 Å². The maximum Gasteiger partial charge on any atom is 0.407 e. The molecule has 1 heterocycles. The zero-order chi connectivity index (χ0) is 10.1. The molecular formula is C10H17NO2. The van der Waals surface area contributed by atoms with Crippen LogP contribution in [-0.2, 0) is 0 Å². The van der Waals surface area contributed by atoms with E-state index in [2.05, 4.69) is 6.58 Å². The van der Waals surface area contributed by atoms with E-state index in [1.54, 1.807) is 0 Å². The van der Waals surface area contributed by atoms with Crippen molar-refractivity contribution < 1.29 is 9.90 Å². The van der Waals surface area contributed by atoms with Crippen LogP contribution in [0.5, 0.6) is 0 Å². The lowest BCUT2D eigenvalue weighted by atomic mass is 9.94. The van der Waals surface area contributed by atoms with E-state index < -0.39 is 6.09 Å². The highest BCUT2D eigenvalue weighted by Gasteiger charge is 2.40. The van der Waals surface area contributed by atoms with Gasteiger partial charge in [0.15, 0.2) is 0 Å². The molecule has 0 radical (unpaired) electrons. The Hall–Kier alpha value is -0.990. The van der Waals surface area contributed by atoms with E-state index in [1.807, 2.05) is 19.9 Å². The second kappa shape index (κ2) is 3.40. The normalized spacial score (nSPS) is 26.0. The molecule has 1 saturated heterocycles. The highest BCUT2D eigenvalue weighted by atomic mass is 16.4. The number of hydrogen-bond acceptors (Lipinski definition) is 1. The Morgan fingerprint density at radius 2 is 2.38 bits per heavy atom. The highest BCUT2D eigenvalue weighted by Crippen LogP contribution is 2.34. The van der Waals surface area contributed by atoms with Gasteiger partial charge in [-0.25, -0.2) is 4.79 Å². The van der Waals surface area contributed by atoms with Crippen molar-refractivity contribution in [1.82, 2.24) is 4.90 Å². The monoisotopic (exact) mass is 183 g/mol. The molecule has 74 valence electrons. The van der Waals surface area contributed by atoms with Crippen LogP contribution >= 0.6 is 0 Å². The Labute approximate surface area is 79.0 Å². The highest BCUT2D eigenvalue weighted by molar-refractivity contribution is 5.66. The summed E-state index contributed by atoms with van der Waals surface area (Å²) in [7, 11) is 0. The summed E-state index contributed by atoms with van der Waals surface area (Å²) in [4.78, 5) is 12.4. The minimum Gasteiger partial charge on any atom is -0.465 e. The first-order chi connectivity index (χ1) is 5.97. The first kappa shape index (κ1) is 10.1. The van der Waals surface area contributed by atoms with Crippen molar-refractivity contribution in [3.63, 3.8) is 0 Å². The molecule has 0 saturated carbocycles. The molecule has 1 amide bonds. The van der Waals surface area contributed by atoms with Crippen LogP contribution in [0, 0.1) is 5.92 Å². The molecule has 3 nitrogen and oxygen atoms in total.